The molecule has 6 nitrogen and oxygen atoms in total. The lowest BCUT2D eigenvalue weighted by molar-refractivity contribution is -0.121. The average Bonchev–Trinajstić information content (AvgIpc) is 3.45. The zero-order valence-electron chi connectivity index (χ0n) is 31.5. The predicted octanol–water partition coefficient (Wildman–Crippen LogP) is 11.7. The van der Waals surface area contributed by atoms with E-state index in [2.05, 4.69) is 98.4 Å². The number of amides is 1. The van der Waals surface area contributed by atoms with Gasteiger partial charge in [0.2, 0.25) is 5.91 Å². The fraction of sp³-hybridized carbons (Fsp3) is 0.605. The van der Waals surface area contributed by atoms with Crippen LogP contribution in [-0.4, -0.2) is 26.0 Å². The fourth-order valence-corrected chi connectivity index (χ4v) is 6.73. The SMILES string of the molecule is CCCCCCCCCCCCCCCCC(=O)NCc1ccc(Cn2c(CCCC)nc3c(NC(C)(C)C)nc4ccccc4c32)cc1. The molecule has 0 saturated heterocycles. The van der Waals surface area contributed by atoms with Crippen molar-refractivity contribution in [3.8, 4) is 0 Å². The van der Waals surface area contributed by atoms with E-state index in [1.54, 1.807) is 0 Å². The number of fused-ring (bicyclic) bond motifs is 3. The summed E-state index contributed by atoms with van der Waals surface area (Å²) < 4.78 is 2.40. The van der Waals surface area contributed by atoms with E-state index in [4.69, 9.17) is 9.97 Å². The van der Waals surface area contributed by atoms with Gasteiger partial charge in [0.15, 0.2) is 5.82 Å². The summed E-state index contributed by atoms with van der Waals surface area (Å²) >= 11 is 0. The Labute approximate surface area is 297 Å². The topological polar surface area (TPSA) is 71.8 Å². The van der Waals surface area contributed by atoms with Gasteiger partial charge in [0.05, 0.1) is 11.0 Å². The van der Waals surface area contributed by atoms with Gasteiger partial charge in [-0.1, -0.05) is 146 Å². The van der Waals surface area contributed by atoms with Crippen molar-refractivity contribution < 1.29 is 4.79 Å². The first-order chi connectivity index (χ1) is 23.8. The molecule has 2 heterocycles. The second-order valence-corrected chi connectivity index (χ2v) is 15.2. The van der Waals surface area contributed by atoms with Crippen LogP contribution in [0.4, 0.5) is 5.82 Å². The van der Waals surface area contributed by atoms with Crippen LogP contribution in [0.25, 0.3) is 21.9 Å². The summed E-state index contributed by atoms with van der Waals surface area (Å²) in [6, 6.07) is 17.1. The molecule has 0 spiro atoms. The molecule has 1 amide bonds. The number of nitrogens with zero attached hydrogens (tertiary/aromatic N) is 3. The second kappa shape index (κ2) is 20.3. The average molecular weight is 668 g/mol. The highest BCUT2D eigenvalue weighted by atomic mass is 16.1. The Morgan fingerprint density at radius 3 is 1.88 bits per heavy atom. The number of benzene rings is 2. The van der Waals surface area contributed by atoms with Gasteiger partial charge in [-0.25, -0.2) is 9.97 Å². The molecule has 0 aliphatic rings. The van der Waals surface area contributed by atoms with Gasteiger partial charge in [-0.15, -0.1) is 0 Å². The Morgan fingerprint density at radius 2 is 1.27 bits per heavy atom. The van der Waals surface area contributed by atoms with Crippen LogP contribution in [0.2, 0.25) is 0 Å². The lowest BCUT2D eigenvalue weighted by Crippen LogP contribution is -2.26. The van der Waals surface area contributed by atoms with Crippen molar-refractivity contribution in [1.82, 2.24) is 19.9 Å². The van der Waals surface area contributed by atoms with E-state index in [-0.39, 0.29) is 11.4 Å². The number of nitrogens with one attached hydrogen (secondary N) is 2. The smallest absolute Gasteiger partial charge is 0.220 e. The van der Waals surface area contributed by atoms with Gasteiger partial charge >= 0.3 is 0 Å². The van der Waals surface area contributed by atoms with Crippen molar-refractivity contribution in [1.29, 1.82) is 0 Å². The molecular formula is C43H65N5O. The quantitative estimate of drug-likeness (QED) is 0.0772. The number of aryl methyl sites for hydroxylation is 1. The predicted molar refractivity (Wildman–Crippen MR) is 209 cm³/mol. The van der Waals surface area contributed by atoms with Gasteiger partial charge in [0, 0.05) is 36.9 Å². The summed E-state index contributed by atoms with van der Waals surface area (Å²) in [5.74, 6) is 2.11. The molecule has 4 rings (SSSR count). The van der Waals surface area contributed by atoms with Gasteiger partial charge in [0.1, 0.15) is 11.3 Å². The molecule has 0 atom stereocenters. The Morgan fingerprint density at radius 1 is 0.694 bits per heavy atom. The number of carbonyl (C=O) groups excluding carboxylic acids is 1. The minimum absolute atomic E-state index is 0.132. The van der Waals surface area contributed by atoms with Gasteiger partial charge in [-0.2, -0.15) is 0 Å². The normalized spacial score (nSPS) is 11.9. The van der Waals surface area contributed by atoms with E-state index in [1.807, 2.05) is 0 Å². The lowest BCUT2D eigenvalue weighted by Gasteiger charge is -2.22. The van der Waals surface area contributed by atoms with E-state index in [0.717, 1.165) is 77.8 Å². The first-order valence-electron chi connectivity index (χ1n) is 19.7. The zero-order chi connectivity index (χ0) is 34.9. The van der Waals surface area contributed by atoms with Crippen LogP contribution in [-0.2, 0) is 24.3 Å². The Kier molecular flexibility index (Phi) is 15.9. The molecule has 0 unspecified atom stereocenters. The molecule has 0 aliphatic heterocycles. The van der Waals surface area contributed by atoms with Crippen LogP contribution in [0, 0.1) is 0 Å². The summed E-state index contributed by atoms with van der Waals surface area (Å²) in [6.45, 7) is 12.3. The maximum atomic E-state index is 12.6. The van der Waals surface area contributed by atoms with Crippen LogP contribution >= 0.6 is 0 Å². The van der Waals surface area contributed by atoms with Crippen molar-refractivity contribution >= 4 is 33.7 Å². The number of anilines is 1. The van der Waals surface area contributed by atoms with Gasteiger partial charge < -0.3 is 15.2 Å². The van der Waals surface area contributed by atoms with Gasteiger partial charge in [-0.3, -0.25) is 4.79 Å². The highest BCUT2D eigenvalue weighted by molar-refractivity contribution is 6.07. The molecule has 4 aromatic rings. The molecule has 2 aromatic heterocycles. The molecule has 0 fully saturated rings. The fourth-order valence-electron chi connectivity index (χ4n) is 6.73. The van der Waals surface area contributed by atoms with E-state index in [0.29, 0.717) is 13.0 Å². The second-order valence-electron chi connectivity index (χ2n) is 15.2. The number of imidazole rings is 1. The van der Waals surface area contributed by atoms with Crippen LogP contribution in [0.3, 0.4) is 0 Å². The Bertz CT molecular complexity index is 1550. The molecule has 0 aliphatic carbocycles. The monoisotopic (exact) mass is 668 g/mol. The largest absolute Gasteiger partial charge is 0.364 e. The number of carbonyl (C=O) groups is 1. The van der Waals surface area contributed by atoms with Crippen molar-refractivity contribution in [3.63, 3.8) is 0 Å². The summed E-state index contributed by atoms with van der Waals surface area (Å²) in [4.78, 5) is 22.8. The molecule has 6 heteroatoms. The molecular weight excluding hydrogens is 603 g/mol. The van der Waals surface area contributed by atoms with Crippen molar-refractivity contribution in [2.75, 3.05) is 5.32 Å². The molecule has 2 aromatic carbocycles. The van der Waals surface area contributed by atoms with Gasteiger partial charge in [0.25, 0.3) is 0 Å². The summed E-state index contributed by atoms with van der Waals surface area (Å²) in [6.07, 6.45) is 22.4. The third-order valence-electron chi connectivity index (χ3n) is 9.52. The number of pyridine rings is 1. The first kappa shape index (κ1) is 38.4. The summed E-state index contributed by atoms with van der Waals surface area (Å²) in [7, 11) is 0. The number of hydrogen-bond donors (Lipinski definition) is 2. The highest BCUT2D eigenvalue weighted by Crippen LogP contribution is 2.32. The highest BCUT2D eigenvalue weighted by Gasteiger charge is 2.21. The lowest BCUT2D eigenvalue weighted by atomic mass is 10.0. The number of hydrogen-bond acceptors (Lipinski definition) is 4. The van der Waals surface area contributed by atoms with E-state index in [1.165, 1.54) is 82.6 Å². The summed E-state index contributed by atoms with van der Waals surface area (Å²) in [5.41, 5.74) is 5.28. The van der Waals surface area contributed by atoms with E-state index >= 15 is 0 Å². The third-order valence-corrected chi connectivity index (χ3v) is 9.52. The Balaban J connectivity index is 1.25. The standard InChI is InChI=1S/C43H65N5O/c1-6-8-10-11-12-13-14-15-16-17-18-19-20-21-27-39(49)44-32-34-28-30-35(31-29-34)33-48-38(26-9-7-2)46-40-41(48)36-24-22-23-25-37(36)45-42(40)47-43(3,4)5/h22-25,28-31H,6-21,26-27,32-33H2,1-5H3,(H,44,49)(H,45,47). The Hall–Kier alpha value is -3.41. The third kappa shape index (κ3) is 12.8. The van der Waals surface area contributed by atoms with Crippen LogP contribution in [0.1, 0.15) is 161 Å². The maximum Gasteiger partial charge on any atom is 0.220 e. The number of rotatable bonds is 23. The minimum atomic E-state index is -0.132. The minimum Gasteiger partial charge on any atom is -0.364 e. The first-order valence-corrected chi connectivity index (χ1v) is 19.7. The number of unbranched alkanes of at least 4 members (excludes halogenated alkanes) is 14. The van der Waals surface area contributed by atoms with Gasteiger partial charge in [-0.05, 0) is 50.8 Å². The van der Waals surface area contributed by atoms with Crippen LogP contribution < -0.4 is 10.6 Å². The van der Waals surface area contributed by atoms with Crippen molar-refractivity contribution in [3.05, 3.63) is 65.5 Å². The molecule has 49 heavy (non-hydrogen) atoms. The molecule has 0 bridgehead atoms. The number of aromatic nitrogens is 3. The van der Waals surface area contributed by atoms with Crippen molar-refractivity contribution in [2.45, 2.75) is 169 Å². The van der Waals surface area contributed by atoms with E-state index in [9.17, 15) is 4.79 Å². The van der Waals surface area contributed by atoms with Crippen molar-refractivity contribution in [2.24, 2.45) is 0 Å². The zero-order valence-corrected chi connectivity index (χ0v) is 31.5. The molecule has 268 valence electrons. The summed E-state index contributed by atoms with van der Waals surface area (Å²) in [5, 5.41) is 7.90. The van der Waals surface area contributed by atoms with Crippen LogP contribution in [0.5, 0.6) is 0 Å². The van der Waals surface area contributed by atoms with E-state index < -0.39 is 0 Å². The van der Waals surface area contributed by atoms with Crippen LogP contribution in [0.15, 0.2) is 48.5 Å². The number of para-hydroxylation sites is 1. The molecule has 0 radical (unpaired) electrons. The maximum absolute atomic E-state index is 12.6. The molecule has 2 N–H and O–H groups in total. The molecule has 0 saturated carbocycles.